The summed E-state index contributed by atoms with van der Waals surface area (Å²) in [6, 6.07) is 61.5. The van der Waals surface area contributed by atoms with Crippen molar-refractivity contribution in [1.29, 1.82) is 0 Å². The van der Waals surface area contributed by atoms with Crippen molar-refractivity contribution in [2.24, 2.45) is 0 Å². The van der Waals surface area contributed by atoms with Gasteiger partial charge in [-0.2, -0.15) is 0 Å². The van der Waals surface area contributed by atoms with Crippen molar-refractivity contribution >= 4 is 43.6 Å². The Morgan fingerprint density at radius 3 is 1.90 bits per heavy atom. The number of hydrogen-bond acceptors (Lipinski definition) is 2. The van der Waals surface area contributed by atoms with Crippen molar-refractivity contribution in [3.05, 3.63) is 205 Å². The van der Waals surface area contributed by atoms with E-state index in [0.717, 1.165) is 39.3 Å². The summed E-state index contributed by atoms with van der Waals surface area (Å²) in [6.45, 7) is 6.57. The highest BCUT2D eigenvalue weighted by Gasteiger charge is 2.18. The molecule has 4 heteroatoms. The van der Waals surface area contributed by atoms with Crippen LogP contribution in [0.5, 0.6) is 0 Å². The summed E-state index contributed by atoms with van der Waals surface area (Å²) < 4.78 is 4.79. The topological polar surface area (TPSA) is 35.6 Å². The molecule has 0 amide bonds. The lowest BCUT2D eigenvalue weighted by Gasteiger charge is -2.15. The van der Waals surface area contributed by atoms with E-state index in [1.807, 2.05) is 18.6 Å². The fourth-order valence-electron chi connectivity index (χ4n) is 9.16. The first-order valence-electron chi connectivity index (χ1n) is 20.2. The standard InChI is InChI=1S/C55H40N4/c1-35-20-24-54-48(28-35)46-14-7-9-17-52(46)58(54)43-22-23-44(36(2)29-43)42-30-41(33-56-34-42)40-26-27-57-50(32-40)45-16-11-19-51(37(45)3)59-53-18-10-8-15-47(53)49-31-39(21-25-55(49)59)38-12-5-4-6-13-38/h4-34H,1-3H3. The Bertz CT molecular complexity index is 3420. The van der Waals surface area contributed by atoms with Gasteiger partial charge in [-0.25, -0.2) is 0 Å². The molecule has 0 N–H and O–H groups in total. The first kappa shape index (κ1) is 34.7. The Morgan fingerprint density at radius 2 is 1.08 bits per heavy atom. The maximum absolute atomic E-state index is 4.93. The van der Waals surface area contributed by atoms with Gasteiger partial charge in [0.15, 0.2) is 0 Å². The zero-order valence-corrected chi connectivity index (χ0v) is 33.2. The molecule has 0 unspecified atom stereocenters. The Morgan fingerprint density at radius 1 is 0.407 bits per heavy atom. The molecular formula is C55H40N4. The highest BCUT2D eigenvalue weighted by Crippen LogP contribution is 2.39. The van der Waals surface area contributed by atoms with Gasteiger partial charge in [-0.3, -0.25) is 9.97 Å². The number of nitrogens with zero attached hydrogens (tertiary/aromatic N) is 4. The Hall–Kier alpha value is -7.56. The Kier molecular flexibility index (Phi) is 8.12. The highest BCUT2D eigenvalue weighted by molar-refractivity contribution is 6.11. The second-order valence-electron chi connectivity index (χ2n) is 15.7. The van der Waals surface area contributed by atoms with E-state index in [1.54, 1.807) is 0 Å². The molecule has 0 saturated carbocycles. The van der Waals surface area contributed by atoms with Crippen LogP contribution in [-0.4, -0.2) is 19.1 Å². The predicted octanol–water partition coefficient (Wildman–Crippen LogP) is 14.3. The number of hydrogen-bond donors (Lipinski definition) is 0. The van der Waals surface area contributed by atoms with Gasteiger partial charge in [-0.05, 0) is 127 Å². The van der Waals surface area contributed by atoms with Gasteiger partial charge in [0.25, 0.3) is 0 Å². The van der Waals surface area contributed by atoms with Crippen LogP contribution in [0.4, 0.5) is 0 Å². The van der Waals surface area contributed by atoms with E-state index in [4.69, 9.17) is 9.97 Å². The molecule has 280 valence electrons. The summed E-state index contributed by atoms with van der Waals surface area (Å²) in [6.07, 6.45) is 5.85. The van der Waals surface area contributed by atoms with Crippen molar-refractivity contribution < 1.29 is 0 Å². The highest BCUT2D eigenvalue weighted by atomic mass is 15.0. The summed E-state index contributed by atoms with van der Waals surface area (Å²) >= 11 is 0. The predicted molar refractivity (Wildman–Crippen MR) is 247 cm³/mol. The second kappa shape index (κ2) is 13.8. The molecule has 0 spiro atoms. The van der Waals surface area contributed by atoms with Crippen LogP contribution in [0, 0.1) is 20.8 Å². The first-order chi connectivity index (χ1) is 29.0. The number of aromatic nitrogens is 4. The van der Waals surface area contributed by atoms with Crippen molar-refractivity contribution in [1.82, 2.24) is 19.1 Å². The van der Waals surface area contributed by atoms with E-state index < -0.39 is 0 Å². The molecule has 0 bridgehead atoms. The van der Waals surface area contributed by atoms with Gasteiger partial charge in [0, 0.05) is 68.2 Å². The maximum Gasteiger partial charge on any atom is 0.0711 e. The Balaban J connectivity index is 0.955. The normalized spacial score (nSPS) is 11.6. The molecule has 0 saturated heterocycles. The molecular weight excluding hydrogens is 717 g/mol. The molecule has 0 aliphatic carbocycles. The third-order valence-corrected chi connectivity index (χ3v) is 12.0. The summed E-state index contributed by atoms with van der Waals surface area (Å²) in [5, 5.41) is 5.03. The molecule has 0 radical (unpaired) electrons. The van der Waals surface area contributed by atoms with Crippen LogP contribution in [0.2, 0.25) is 0 Å². The minimum absolute atomic E-state index is 0.932. The molecule has 11 aromatic rings. The van der Waals surface area contributed by atoms with Crippen molar-refractivity contribution in [2.75, 3.05) is 0 Å². The van der Waals surface area contributed by atoms with E-state index in [0.29, 0.717) is 0 Å². The minimum Gasteiger partial charge on any atom is -0.309 e. The summed E-state index contributed by atoms with van der Waals surface area (Å²) in [5.41, 5.74) is 19.6. The van der Waals surface area contributed by atoms with E-state index in [-0.39, 0.29) is 0 Å². The van der Waals surface area contributed by atoms with Gasteiger partial charge < -0.3 is 9.13 Å². The third kappa shape index (κ3) is 5.75. The van der Waals surface area contributed by atoms with Gasteiger partial charge in [0.05, 0.1) is 27.8 Å². The summed E-state index contributed by atoms with van der Waals surface area (Å²) in [5.74, 6) is 0. The maximum atomic E-state index is 4.93. The molecule has 4 nitrogen and oxygen atoms in total. The number of para-hydroxylation sites is 2. The van der Waals surface area contributed by atoms with Crippen LogP contribution in [0.1, 0.15) is 16.7 Å². The fourth-order valence-corrected chi connectivity index (χ4v) is 9.16. The van der Waals surface area contributed by atoms with Crippen LogP contribution in [-0.2, 0) is 0 Å². The fraction of sp³-hybridized carbons (Fsp3) is 0.0545. The lowest BCUT2D eigenvalue weighted by atomic mass is 9.97. The molecule has 0 atom stereocenters. The molecule has 0 fully saturated rings. The SMILES string of the molecule is Cc1ccc2c(c1)c1ccccc1n2-c1ccc(-c2cncc(-c3ccnc(-c4cccc(-n5c6ccccc6c6cc(-c7ccccc7)ccc65)c4C)c3)c2)c(C)c1. The molecule has 0 aliphatic heterocycles. The monoisotopic (exact) mass is 756 g/mol. The summed E-state index contributed by atoms with van der Waals surface area (Å²) in [4.78, 5) is 9.70. The van der Waals surface area contributed by atoms with E-state index >= 15 is 0 Å². The smallest absolute Gasteiger partial charge is 0.0711 e. The van der Waals surface area contributed by atoms with Crippen LogP contribution in [0.3, 0.4) is 0 Å². The molecule has 11 rings (SSSR count). The number of benzene rings is 7. The number of rotatable bonds is 6. The molecule has 7 aromatic carbocycles. The zero-order valence-electron chi connectivity index (χ0n) is 33.2. The van der Waals surface area contributed by atoms with Crippen LogP contribution in [0.15, 0.2) is 188 Å². The molecule has 0 aliphatic rings. The second-order valence-corrected chi connectivity index (χ2v) is 15.7. The van der Waals surface area contributed by atoms with Gasteiger partial charge in [-0.15, -0.1) is 0 Å². The van der Waals surface area contributed by atoms with Crippen molar-refractivity contribution in [2.45, 2.75) is 20.8 Å². The first-order valence-corrected chi connectivity index (χ1v) is 20.2. The van der Waals surface area contributed by atoms with Gasteiger partial charge in [0.1, 0.15) is 0 Å². The molecule has 59 heavy (non-hydrogen) atoms. The van der Waals surface area contributed by atoms with E-state index in [1.165, 1.54) is 77.0 Å². The van der Waals surface area contributed by atoms with Crippen LogP contribution >= 0.6 is 0 Å². The van der Waals surface area contributed by atoms with Gasteiger partial charge in [0.2, 0.25) is 0 Å². The zero-order chi connectivity index (χ0) is 39.6. The third-order valence-electron chi connectivity index (χ3n) is 12.0. The van der Waals surface area contributed by atoms with E-state index in [9.17, 15) is 0 Å². The quantitative estimate of drug-likeness (QED) is 0.169. The largest absolute Gasteiger partial charge is 0.309 e. The molecule has 4 heterocycles. The van der Waals surface area contributed by atoms with Gasteiger partial charge >= 0.3 is 0 Å². The van der Waals surface area contributed by atoms with Crippen LogP contribution in [0.25, 0.3) is 99.6 Å². The number of aryl methyl sites for hydroxylation is 2. The lowest BCUT2D eigenvalue weighted by Crippen LogP contribution is -1.99. The summed E-state index contributed by atoms with van der Waals surface area (Å²) in [7, 11) is 0. The van der Waals surface area contributed by atoms with Crippen LogP contribution < -0.4 is 0 Å². The average molecular weight is 757 g/mol. The Labute approximate surface area is 343 Å². The van der Waals surface area contributed by atoms with Gasteiger partial charge in [-0.1, -0.05) is 103 Å². The molecule has 4 aromatic heterocycles. The van der Waals surface area contributed by atoms with Crippen molar-refractivity contribution in [3.8, 4) is 56.0 Å². The lowest BCUT2D eigenvalue weighted by molar-refractivity contribution is 1.15. The van der Waals surface area contributed by atoms with E-state index in [2.05, 4.69) is 200 Å². The number of pyridine rings is 2. The average Bonchev–Trinajstić information content (AvgIpc) is 3.79. The number of fused-ring (bicyclic) bond motifs is 6. The van der Waals surface area contributed by atoms with Crippen molar-refractivity contribution in [3.63, 3.8) is 0 Å². The minimum atomic E-state index is 0.932.